The standard InChI is InChI=1S/C14H14F2O3/c15-10-1-2-12(16)11(7-10)13(17)19-14(4-5-14)9-3-6-18-8-9/h1-2,7,9H,3-6,8H2/t9-/m1/s1. The van der Waals surface area contributed by atoms with Gasteiger partial charge in [0.05, 0.1) is 12.2 Å². The van der Waals surface area contributed by atoms with Crippen molar-refractivity contribution in [2.24, 2.45) is 5.92 Å². The third-order valence-electron chi connectivity index (χ3n) is 3.86. The van der Waals surface area contributed by atoms with Crippen LogP contribution in [0.15, 0.2) is 18.2 Å². The molecule has 2 fully saturated rings. The van der Waals surface area contributed by atoms with E-state index in [2.05, 4.69) is 0 Å². The third kappa shape index (κ3) is 2.34. The zero-order chi connectivity index (χ0) is 13.5. The number of hydrogen-bond acceptors (Lipinski definition) is 3. The fourth-order valence-electron chi connectivity index (χ4n) is 2.56. The Morgan fingerprint density at radius 2 is 2.16 bits per heavy atom. The van der Waals surface area contributed by atoms with Crippen molar-refractivity contribution in [1.82, 2.24) is 0 Å². The van der Waals surface area contributed by atoms with Crippen LogP contribution in [0.25, 0.3) is 0 Å². The van der Waals surface area contributed by atoms with E-state index in [-0.39, 0.29) is 11.5 Å². The number of rotatable bonds is 3. The molecule has 0 amide bonds. The van der Waals surface area contributed by atoms with Crippen molar-refractivity contribution >= 4 is 5.97 Å². The zero-order valence-corrected chi connectivity index (χ0v) is 10.3. The Morgan fingerprint density at radius 1 is 1.37 bits per heavy atom. The molecule has 0 spiro atoms. The van der Waals surface area contributed by atoms with Gasteiger partial charge >= 0.3 is 5.97 Å². The molecule has 2 aliphatic rings. The lowest BCUT2D eigenvalue weighted by Crippen LogP contribution is -2.29. The number of carbonyl (C=O) groups is 1. The summed E-state index contributed by atoms with van der Waals surface area (Å²) >= 11 is 0. The van der Waals surface area contributed by atoms with Crippen LogP contribution in [0.3, 0.4) is 0 Å². The third-order valence-corrected chi connectivity index (χ3v) is 3.86. The fourth-order valence-corrected chi connectivity index (χ4v) is 2.56. The van der Waals surface area contributed by atoms with Crippen LogP contribution < -0.4 is 0 Å². The summed E-state index contributed by atoms with van der Waals surface area (Å²) in [4.78, 5) is 12.0. The van der Waals surface area contributed by atoms with Crippen molar-refractivity contribution in [3.63, 3.8) is 0 Å². The van der Waals surface area contributed by atoms with Gasteiger partial charge in [0.25, 0.3) is 0 Å². The lowest BCUT2D eigenvalue weighted by atomic mass is 9.99. The molecule has 19 heavy (non-hydrogen) atoms. The molecular weight excluding hydrogens is 254 g/mol. The van der Waals surface area contributed by atoms with Crippen LogP contribution in [0.2, 0.25) is 0 Å². The lowest BCUT2D eigenvalue weighted by Gasteiger charge is -2.22. The second kappa shape index (κ2) is 4.56. The van der Waals surface area contributed by atoms with E-state index >= 15 is 0 Å². The molecule has 1 aromatic rings. The molecule has 1 heterocycles. The Labute approximate surface area is 109 Å². The fraction of sp³-hybridized carbons (Fsp3) is 0.500. The van der Waals surface area contributed by atoms with E-state index in [1.165, 1.54) is 0 Å². The van der Waals surface area contributed by atoms with Crippen molar-refractivity contribution < 1.29 is 23.0 Å². The number of ether oxygens (including phenoxy) is 2. The summed E-state index contributed by atoms with van der Waals surface area (Å²) in [5, 5.41) is 0. The minimum absolute atomic E-state index is 0.174. The minimum Gasteiger partial charge on any atom is -0.455 e. The van der Waals surface area contributed by atoms with E-state index in [1.807, 2.05) is 0 Å². The maximum Gasteiger partial charge on any atom is 0.341 e. The summed E-state index contributed by atoms with van der Waals surface area (Å²) in [7, 11) is 0. The molecule has 1 saturated heterocycles. The van der Waals surface area contributed by atoms with Crippen LogP contribution in [-0.2, 0) is 9.47 Å². The zero-order valence-electron chi connectivity index (χ0n) is 10.3. The Kier molecular flexibility index (Phi) is 3.01. The minimum atomic E-state index is -0.790. The van der Waals surface area contributed by atoms with Crippen molar-refractivity contribution in [1.29, 1.82) is 0 Å². The topological polar surface area (TPSA) is 35.5 Å². The quantitative estimate of drug-likeness (QED) is 0.791. The Bertz CT molecular complexity index is 505. The molecule has 102 valence electrons. The highest BCUT2D eigenvalue weighted by Crippen LogP contribution is 2.49. The second-order valence-corrected chi connectivity index (χ2v) is 5.14. The first-order valence-electron chi connectivity index (χ1n) is 6.37. The van der Waals surface area contributed by atoms with Crippen molar-refractivity contribution in [2.45, 2.75) is 24.9 Å². The number of hydrogen-bond donors (Lipinski definition) is 0. The van der Waals surface area contributed by atoms with Gasteiger partial charge in [-0.25, -0.2) is 13.6 Å². The summed E-state index contributed by atoms with van der Waals surface area (Å²) in [6.45, 7) is 1.23. The monoisotopic (exact) mass is 268 g/mol. The first kappa shape index (κ1) is 12.5. The van der Waals surface area contributed by atoms with Gasteiger partial charge in [-0.2, -0.15) is 0 Å². The second-order valence-electron chi connectivity index (χ2n) is 5.14. The largest absolute Gasteiger partial charge is 0.455 e. The van der Waals surface area contributed by atoms with Gasteiger partial charge in [0.2, 0.25) is 0 Å². The van der Waals surface area contributed by atoms with Crippen LogP contribution in [0.5, 0.6) is 0 Å². The molecule has 1 saturated carbocycles. The van der Waals surface area contributed by atoms with Crippen molar-refractivity contribution in [2.75, 3.05) is 13.2 Å². The van der Waals surface area contributed by atoms with Gasteiger partial charge in [0.1, 0.15) is 17.2 Å². The highest BCUT2D eigenvalue weighted by Gasteiger charge is 2.54. The molecule has 0 N–H and O–H groups in total. The van der Waals surface area contributed by atoms with Gasteiger partial charge in [-0.1, -0.05) is 0 Å². The highest BCUT2D eigenvalue weighted by molar-refractivity contribution is 5.90. The van der Waals surface area contributed by atoms with Gasteiger partial charge in [-0.3, -0.25) is 0 Å². The van der Waals surface area contributed by atoms with Crippen LogP contribution in [0.4, 0.5) is 8.78 Å². The first-order valence-corrected chi connectivity index (χ1v) is 6.37. The number of carbonyl (C=O) groups excluding carboxylic acids is 1. The summed E-state index contributed by atoms with van der Waals surface area (Å²) in [5.74, 6) is -2.03. The van der Waals surface area contributed by atoms with Crippen LogP contribution in [0, 0.1) is 17.6 Å². The van der Waals surface area contributed by atoms with Gasteiger partial charge < -0.3 is 9.47 Å². The molecule has 1 aliphatic carbocycles. The van der Waals surface area contributed by atoms with Crippen molar-refractivity contribution in [3.05, 3.63) is 35.4 Å². The van der Waals surface area contributed by atoms with E-state index in [9.17, 15) is 13.6 Å². The number of halogens is 2. The van der Waals surface area contributed by atoms with Gasteiger partial charge in [0, 0.05) is 12.5 Å². The maximum absolute atomic E-state index is 13.5. The predicted octanol–water partition coefficient (Wildman–Crippen LogP) is 2.69. The van der Waals surface area contributed by atoms with Gasteiger partial charge in [-0.05, 0) is 37.5 Å². The molecule has 0 radical (unpaired) electrons. The molecule has 5 heteroatoms. The van der Waals surface area contributed by atoms with Gasteiger partial charge in [-0.15, -0.1) is 0 Å². The summed E-state index contributed by atoms with van der Waals surface area (Å²) in [6, 6.07) is 2.78. The first-order chi connectivity index (χ1) is 9.11. The smallest absolute Gasteiger partial charge is 0.341 e. The molecule has 3 nitrogen and oxygen atoms in total. The normalized spacial score (nSPS) is 24.2. The molecule has 1 atom stereocenters. The molecule has 1 aliphatic heterocycles. The van der Waals surface area contributed by atoms with E-state index < -0.39 is 23.2 Å². The van der Waals surface area contributed by atoms with Gasteiger partial charge in [0.15, 0.2) is 0 Å². The summed E-state index contributed by atoms with van der Waals surface area (Å²) in [5.41, 5.74) is -0.864. The molecular formula is C14H14F2O3. The average Bonchev–Trinajstić information content (AvgIpc) is 2.95. The summed E-state index contributed by atoms with van der Waals surface area (Å²) in [6.07, 6.45) is 2.38. The predicted molar refractivity (Wildman–Crippen MR) is 62.7 cm³/mol. The SMILES string of the molecule is O=C(OC1([C@@H]2CCOC2)CC1)c1cc(F)ccc1F. The molecule has 0 aromatic heterocycles. The van der Waals surface area contributed by atoms with Crippen LogP contribution in [-0.4, -0.2) is 24.8 Å². The molecule has 1 aromatic carbocycles. The Hall–Kier alpha value is -1.49. The molecule has 3 rings (SSSR count). The van der Waals surface area contributed by atoms with Crippen LogP contribution in [0.1, 0.15) is 29.6 Å². The van der Waals surface area contributed by atoms with E-state index in [1.54, 1.807) is 0 Å². The average molecular weight is 268 g/mol. The van der Waals surface area contributed by atoms with Crippen LogP contribution >= 0.6 is 0 Å². The highest BCUT2D eigenvalue weighted by atomic mass is 19.1. The van der Waals surface area contributed by atoms with E-state index in [0.717, 1.165) is 37.5 Å². The summed E-state index contributed by atoms with van der Waals surface area (Å²) < 4.78 is 37.3. The molecule has 0 unspecified atom stereocenters. The van der Waals surface area contributed by atoms with E-state index in [4.69, 9.17) is 9.47 Å². The van der Waals surface area contributed by atoms with E-state index in [0.29, 0.717) is 13.2 Å². The van der Waals surface area contributed by atoms with Crippen molar-refractivity contribution in [3.8, 4) is 0 Å². The Morgan fingerprint density at radius 3 is 2.79 bits per heavy atom. The maximum atomic E-state index is 13.5. The molecule has 0 bridgehead atoms. The Balaban J connectivity index is 1.76. The number of benzene rings is 1. The number of esters is 1. The lowest BCUT2D eigenvalue weighted by molar-refractivity contribution is 0.000344.